The van der Waals surface area contributed by atoms with E-state index >= 15 is 0 Å². The summed E-state index contributed by atoms with van der Waals surface area (Å²) in [5, 5.41) is 23.8. The number of hydrogen-bond donors (Lipinski definition) is 3. The van der Waals surface area contributed by atoms with Gasteiger partial charge >= 0.3 is 0 Å². The van der Waals surface area contributed by atoms with Gasteiger partial charge in [-0.05, 0) is 12.1 Å². The highest BCUT2D eigenvalue weighted by Gasteiger charge is 2.41. The smallest absolute Gasteiger partial charge is 0.294 e. The highest BCUT2D eigenvalue weighted by Crippen LogP contribution is 2.25. The van der Waals surface area contributed by atoms with E-state index in [0.717, 1.165) is 23.0 Å². The zero-order valence-corrected chi connectivity index (χ0v) is 17.1. The Hall–Kier alpha value is -4.11. The van der Waals surface area contributed by atoms with Crippen molar-refractivity contribution in [3.8, 4) is 6.07 Å². The number of rotatable bonds is 8. The molecule has 1 aliphatic heterocycles. The first kappa shape index (κ1) is 23.6. The molecule has 3 rings (SSSR count). The molecule has 33 heavy (non-hydrogen) atoms. The Kier molecular flexibility index (Phi) is 7.14. The Bertz CT molecular complexity index is 1190. The second-order valence-corrected chi connectivity index (χ2v) is 7.03. The lowest BCUT2D eigenvalue weighted by atomic mass is 10.1. The van der Waals surface area contributed by atoms with Gasteiger partial charge in [-0.2, -0.15) is 5.26 Å². The third-order valence-electron chi connectivity index (χ3n) is 4.76. The Morgan fingerprint density at radius 3 is 2.76 bits per heavy atom. The van der Waals surface area contributed by atoms with Crippen LogP contribution in [0, 0.1) is 17.1 Å². The van der Waals surface area contributed by atoms with Crippen LogP contribution in [0.15, 0.2) is 59.7 Å². The number of aromatic nitrogens is 2. The van der Waals surface area contributed by atoms with Crippen molar-refractivity contribution >= 4 is 11.7 Å². The molecule has 1 atom stereocenters. The van der Waals surface area contributed by atoms with Gasteiger partial charge in [0.1, 0.15) is 30.2 Å². The lowest BCUT2D eigenvalue weighted by molar-refractivity contribution is -0.149. The fourth-order valence-corrected chi connectivity index (χ4v) is 3.02. The van der Waals surface area contributed by atoms with E-state index in [-0.39, 0.29) is 17.8 Å². The number of carbonyl (C=O) groups excluding carboxylic acids is 1. The molecule has 0 saturated heterocycles. The summed E-state index contributed by atoms with van der Waals surface area (Å²) in [5.41, 5.74) is -1.01. The van der Waals surface area contributed by atoms with Gasteiger partial charge in [0.25, 0.3) is 11.5 Å². The molecule has 0 fully saturated rings. The molecule has 0 saturated carbocycles. The number of anilines is 1. The number of hydroxylamine groups is 2. The molecule has 1 aromatic heterocycles. The third-order valence-corrected chi connectivity index (χ3v) is 4.76. The maximum absolute atomic E-state index is 14.5. The quantitative estimate of drug-likeness (QED) is 0.549. The van der Waals surface area contributed by atoms with Crippen molar-refractivity contribution in [1.29, 1.82) is 5.26 Å². The number of nitriles is 1. The summed E-state index contributed by atoms with van der Waals surface area (Å²) in [7, 11) is 0. The zero-order chi connectivity index (χ0) is 24.0. The highest BCUT2D eigenvalue weighted by atomic mass is 19.3. The van der Waals surface area contributed by atoms with E-state index in [1.54, 1.807) is 12.1 Å². The topological polar surface area (TPSA) is 123 Å². The van der Waals surface area contributed by atoms with E-state index < -0.39 is 48.2 Å². The lowest BCUT2D eigenvalue weighted by Gasteiger charge is -2.31. The molecule has 12 heteroatoms. The van der Waals surface area contributed by atoms with Gasteiger partial charge in [0.05, 0.1) is 12.7 Å². The Balaban J connectivity index is 1.71. The fraction of sp³-hybridized carbons (Fsp3) is 0.238. The predicted molar refractivity (Wildman–Crippen MR) is 111 cm³/mol. The minimum atomic E-state index is -3.50. The first-order chi connectivity index (χ1) is 15.7. The van der Waals surface area contributed by atoms with E-state index in [9.17, 15) is 33.2 Å². The molecule has 2 aromatic rings. The van der Waals surface area contributed by atoms with E-state index in [2.05, 4.69) is 15.6 Å². The molecular weight excluding hydrogens is 441 g/mol. The number of amides is 1. The van der Waals surface area contributed by atoms with Gasteiger partial charge in [0.2, 0.25) is 5.91 Å². The number of allylic oxidation sites excluding steroid dienone is 2. The van der Waals surface area contributed by atoms with Crippen molar-refractivity contribution < 1.29 is 23.2 Å². The van der Waals surface area contributed by atoms with E-state index in [4.69, 9.17) is 0 Å². The molecule has 0 bridgehead atoms. The van der Waals surface area contributed by atoms with Crippen LogP contribution in [0.4, 0.5) is 19.0 Å². The van der Waals surface area contributed by atoms with Gasteiger partial charge in [-0.1, -0.05) is 30.4 Å². The predicted octanol–water partition coefficient (Wildman–Crippen LogP) is 1.76. The molecular formula is C21H19F3N6O3. The molecule has 1 unspecified atom stereocenters. The van der Waals surface area contributed by atoms with Crippen LogP contribution in [-0.4, -0.2) is 44.2 Å². The summed E-state index contributed by atoms with van der Waals surface area (Å²) in [6.45, 7) is -1.81. The average Bonchev–Trinajstić information content (AvgIpc) is 2.79. The number of hydrogen-bond acceptors (Lipinski definition) is 7. The molecule has 1 amide bonds. The molecule has 0 spiro atoms. The second-order valence-electron chi connectivity index (χ2n) is 7.03. The number of nitrogens with one attached hydrogen (secondary N) is 2. The maximum atomic E-state index is 14.5. The molecule has 9 nitrogen and oxygen atoms in total. The third kappa shape index (κ3) is 5.58. The molecule has 3 N–H and O–H groups in total. The average molecular weight is 460 g/mol. The van der Waals surface area contributed by atoms with Crippen LogP contribution in [0.2, 0.25) is 0 Å². The van der Waals surface area contributed by atoms with Crippen molar-refractivity contribution in [1.82, 2.24) is 19.9 Å². The Morgan fingerprint density at radius 2 is 2.06 bits per heavy atom. The second kappa shape index (κ2) is 10.0. The first-order valence-electron chi connectivity index (χ1n) is 9.67. The number of carbonyl (C=O) groups is 1. The Labute approximate surface area is 186 Å². The van der Waals surface area contributed by atoms with Crippen LogP contribution in [0.3, 0.4) is 0 Å². The zero-order valence-electron chi connectivity index (χ0n) is 17.1. The van der Waals surface area contributed by atoms with Crippen LogP contribution >= 0.6 is 0 Å². The van der Waals surface area contributed by atoms with Crippen molar-refractivity contribution in [3.05, 3.63) is 82.3 Å². The number of alkyl halides is 2. The summed E-state index contributed by atoms with van der Waals surface area (Å²) in [5.74, 6) is -5.22. The van der Waals surface area contributed by atoms with E-state index in [1.165, 1.54) is 30.4 Å². The summed E-state index contributed by atoms with van der Waals surface area (Å²) in [6, 6.07) is 5.83. The van der Waals surface area contributed by atoms with Crippen molar-refractivity contribution in [2.24, 2.45) is 0 Å². The van der Waals surface area contributed by atoms with Crippen molar-refractivity contribution in [3.63, 3.8) is 0 Å². The highest BCUT2D eigenvalue weighted by molar-refractivity contribution is 5.76. The van der Waals surface area contributed by atoms with Gasteiger partial charge in [-0.3, -0.25) is 24.4 Å². The standard InChI is InChI=1S/C21H19F3N6O3/c22-16-6-2-1-5-14(16)10-26-18(31)12-29-15(9-25)11-27-19(20(29)32)28-13-21(23,24)17-7-3-4-8-30(17)33/h1-8,11,17,33H,10,12-13H2,(H,26,31)(H,27,28). The number of nitrogens with zero attached hydrogens (tertiary/aromatic N) is 4. The Morgan fingerprint density at radius 1 is 1.30 bits per heavy atom. The van der Waals surface area contributed by atoms with Crippen LogP contribution in [-0.2, 0) is 17.9 Å². The van der Waals surface area contributed by atoms with Crippen LogP contribution in [0.5, 0.6) is 0 Å². The normalized spacial score (nSPS) is 15.2. The van der Waals surface area contributed by atoms with E-state index in [1.807, 2.05) is 0 Å². The van der Waals surface area contributed by atoms with Crippen LogP contribution in [0.25, 0.3) is 0 Å². The van der Waals surface area contributed by atoms with Crippen LogP contribution in [0.1, 0.15) is 11.3 Å². The van der Waals surface area contributed by atoms with Crippen molar-refractivity contribution in [2.75, 3.05) is 11.9 Å². The summed E-state index contributed by atoms with van der Waals surface area (Å²) in [4.78, 5) is 28.7. The molecule has 0 radical (unpaired) electrons. The summed E-state index contributed by atoms with van der Waals surface area (Å²) in [6.07, 6.45) is 5.83. The van der Waals surface area contributed by atoms with Crippen molar-refractivity contribution in [2.45, 2.75) is 25.1 Å². The van der Waals surface area contributed by atoms with E-state index in [0.29, 0.717) is 5.06 Å². The van der Waals surface area contributed by atoms with Gasteiger partial charge < -0.3 is 10.6 Å². The molecule has 2 heterocycles. The maximum Gasteiger partial charge on any atom is 0.294 e. The SMILES string of the molecule is N#Cc1cnc(NCC(F)(F)C2C=CC=CN2O)c(=O)n1CC(=O)NCc1ccccc1F. The van der Waals surface area contributed by atoms with Gasteiger partial charge in [0, 0.05) is 18.3 Å². The van der Waals surface area contributed by atoms with Crippen LogP contribution < -0.4 is 16.2 Å². The van der Waals surface area contributed by atoms with Gasteiger partial charge in [0.15, 0.2) is 5.82 Å². The summed E-state index contributed by atoms with van der Waals surface area (Å²) < 4.78 is 43.4. The monoisotopic (exact) mass is 460 g/mol. The number of benzene rings is 1. The molecule has 0 aliphatic carbocycles. The molecule has 1 aromatic carbocycles. The molecule has 172 valence electrons. The molecule has 1 aliphatic rings. The van der Waals surface area contributed by atoms with Gasteiger partial charge in [-0.15, -0.1) is 0 Å². The fourth-order valence-electron chi connectivity index (χ4n) is 3.02. The minimum Gasteiger partial charge on any atom is -0.359 e. The largest absolute Gasteiger partial charge is 0.359 e. The number of halogens is 3. The lowest BCUT2D eigenvalue weighted by Crippen LogP contribution is -2.48. The van der Waals surface area contributed by atoms with Gasteiger partial charge in [-0.25, -0.2) is 18.2 Å². The first-order valence-corrected chi connectivity index (χ1v) is 9.67. The summed E-state index contributed by atoms with van der Waals surface area (Å²) >= 11 is 0. The minimum absolute atomic E-state index is 0.147.